The van der Waals surface area contributed by atoms with Crippen LogP contribution in [-0.2, 0) is 0 Å². The van der Waals surface area contributed by atoms with Crippen LogP contribution in [0.3, 0.4) is 0 Å². The number of phenols is 1. The Balaban J connectivity index is 2.46. The number of ether oxygens (including phenoxy) is 1. The second-order valence-electron chi connectivity index (χ2n) is 5.17. The van der Waals surface area contributed by atoms with Crippen LogP contribution in [0.5, 0.6) is 11.5 Å². The molecule has 2 N–H and O–H groups in total. The van der Waals surface area contributed by atoms with Crippen molar-refractivity contribution in [3.63, 3.8) is 0 Å². The van der Waals surface area contributed by atoms with Crippen molar-refractivity contribution in [2.24, 2.45) is 0 Å². The first-order valence-corrected chi connectivity index (χ1v) is 7.19. The Labute approximate surface area is 129 Å². The quantitative estimate of drug-likeness (QED) is 0.473. The second kappa shape index (κ2) is 7.24. The fourth-order valence-corrected chi connectivity index (χ4v) is 2.75. The van der Waals surface area contributed by atoms with E-state index >= 15 is 0 Å². The number of rotatable bonds is 6. The summed E-state index contributed by atoms with van der Waals surface area (Å²) in [5, 5.41) is 24.8. The first kappa shape index (κ1) is 16.3. The van der Waals surface area contributed by atoms with Crippen molar-refractivity contribution in [1.29, 1.82) is 0 Å². The number of benzene rings is 1. The van der Waals surface area contributed by atoms with Gasteiger partial charge in [0, 0.05) is 43.9 Å². The van der Waals surface area contributed by atoms with Gasteiger partial charge in [0.2, 0.25) is 0 Å². The molecule has 2 rings (SSSR count). The fourth-order valence-electron chi connectivity index (χ4n) is 2.75. The summed E-state index contributed by atoms with van der Waals surface area (Å²) in [5.74, 6) is 0.0758. The number of piperazine rings is 1. The molecular formula is C15H21N3O4. The minimum absolute atomic E-state index is 0.0431. The summed E-state index contributed by atoms with van der Waals surface area (Å²) in [6.45, 7) is 7.07. The van der Waals surface area contributed by atoms with Crippen LogP contribution in [0, 0.1) is 10.1 Å². The zero-order chi connectivity index (χ0) is 16.1. The highest BCUT2D eigenvalue weighted by Gasteiger charge is 2.27. The number of aromatic hydroxyl groups is 1. The summed E-state index contributed by atoms with van der Waals surface area (Å²) in [6.07, 6.45) is 2.36. The third-order valence-electron chi connectivity index (χ3n) is 3.86. The number of non-ortho nitro benzene ring substituents is 1. The Morgan fingerprint density at radius 3 is 2.77 bits per heavy atom. The Hall–Kier alpha value is -2.12. The summed E-state index contributed by atoms with van der Waals surface area (Å²) in [4.78, 5) is 12.8. The summed E-state index contributed by atoms with van der Waals surface area (Å²) in [7, 11) is 1.38. The Bertz CT molecular complexity index is 556. The number of phenolic OH excluding ortho intramolecular Hbond substituents is 1. The number of hydrogen-bond donors (Lipinski definition) is 2. The molecule has 0 saturated carbocycles. The lowest BCUT2D eigenvalue weighted by Gasteiger charge is -2.35. The van der Waals surface area contributed by atoms with Crippen molar-refractivity contribution in [2.45, 2.75) is 12.5 Å². The average molecular weight is 307 g/mol. The summed E-state index contributed by atoms with van der Waals surface area (Å²) >= 11 is 0. The number of hydrogen-bond acceptors (Lipinski definition) is 6. The Morgan fingerprint density at radius 2 is 2.23 bits per heavy atom. The molecule has 0 amide bonds. The van der Waals surface area contributed by atoms with Gasteiger partial charge in [-0.1, -0.05) is 6.08 Å². The highest BCUT2D eigenvalue weighted by atomic mass is 16.6. The van der Waals surface area contributed by atoms with E-state index in [1.165, 1.54) is 19.2 Å². The third-order valence-corrected chi connectivity index (χ3v) is 3.86. The van der Waals surface area contributed by atoms with Crippen LogP contribution in [0.1, 0.15) is 18.0 Å². The molecule has 0 aromatic heterocycles. The lowest BCUT2D eigenvalue weighted by Crippen LogP contribution is -2.45. The molecule has 1 saturated heterocycles. The molecule has 1 heterocycles. The lowest BCUT2D eigenvalue weighted by atomic mass is 9.98. The molecule has 1 aromatic rings. The third kappa shape index (κ3) is 3.37. The van der Waals surface area contributed by atoms with Gasteiger partial charge in [-0.15, -0.1) is 6.58 Å². The van der Waals surface area contributed by atoms with Crippen LogP contribution in [0.25, 0.3) is 0 Å². The summed E-state index contributed by atoms with van der Waals surface area (Å²) in [5.41, 5.74) is 0.418. The largest absolute Gasteiger partial charge is 0.504 e. The van der Waals surface area contributed by atoms with Gasteiger partial charge in [-0.05, 0) is 6.42 Å². The van der Waals surface area contributed by atoms with Gasteiger partial charge in [-0.3, -0.25) is 15.0 Å². The van der Waals surface area contributed by atoms with E-state index in [1.54, 1.807) is 6.08 Å². The molecule has 0 bridgehead atoms. The smallest absolute Gasteiger partial charge is 0.273 e. The molecule has 7 nitrogen and oxygen atoms in total. The number of methoxy groups -OCH3 is 1. The minimum atomic E-state index is -0.478. The van der Waals surface area contributed by atoms with Crippen LogP contribution < -0.4 is 10.1 Å². The SMILES string of the molecule is C=CC[C@@H](c1cc([N+](=O)[O-])cc(OC)c1O)N1CCNCC1. The van der Waals surface area contributed by atoms with E-state index in [-0.39, 0.29) is 23.2 Å². The van der Waals surface area contributed by atoms with Gasteiger partial charge >= 0.3 is 0 Å². The van der Waals surface area contributed by atoms with Gasteiger partial charge < -0.3 is 15.2 Å². The molecule has 120 valence electrons. The predicted octanol–water partition coefficient (Wildman–Crippen LogP) is 1.83. The van der Waals surface area contributed by atoms with E-state index in [1.807, 2.05) is 0 Å². The number of nitro groups is 1. The maximum atomic E-state index is 11.1. The molecule has 1 atom stereocenters. The number of nitrogens with zero attached hydrogens (tertiary/aromatic N) is 2. The molecule has 0 aliphatic carbocycles. The van der Waals surface area contributed by atoms with Crippen LogP contribution in [-0.4, -0.2) is 48.2 Å². The van der Waals surface area contributed by atoms with E-state index in [2.05, 4.69) is 16.8 Å². The number of nitro benzene ring substituents is 1. The maximum Gasteiger partial charge on any atom is 0.273 e. The molecule has 0 radical (unpaired) electrons. The topological polar surface area (TPSA) is 87.9 Å². The monoisotopic (exact) mass is 307 g/mol. The normalized spacial score (nSPS) is 17.0. The van der Waals surface area contributed by atoms with E-state index in [0.717, 1.165) is 26.2 Å². The Morgan fingerprint density at radius 1 is 1.55 bits per heavy atom. The number of nitrogens with one attached hydrogen (secondary N) is 1. The van der Waals surface area contributed by atoms with Gasteiger partial charge in [-0.25, -0.2) is 0 Å². The molecular weight excluding hydrogens is 286 g/mol. The average Bonchev–Trinajstić information content (AvgIpc) is 2.54. The minimum Gasteiger partial charge on any atom is -0.504 e. The highest BCUT2D eigenvalue weighted by molar-refractivity contribution is 5.54. The molecule has 1 fully saturated rings. The van der Waals surface area contributed by atoms with E-state index in [0.29, 0.717) is 12.0 Å². The molecule has 7 heteroatoms. The zero-order valence-electron chi connectivity index (χ0n) is 12.6. The Kier molecular flexibility index (Phi) is 5.35. The molecule has 22 heavy (non-hydrogen) atoms. The van der Waals surface area contributed by atoms with Crippen LogP contribution in [0.4, 0.5) is 5.69 Å². The van der Waals surface area contributed by atoms with Gasteiger partial charge in [-0.2, -0.15) is 0 Å². The van der Waals surface area contributed by atoms with Crippen molar-refractivity contribution in [1.82, 2.24) is 10.2 Å². The highest BCUT2D eigenvalue weighted by Crippen LogP contribution is 2.41. The summed E-state index contributed by atoms with van der Waals surface area (Å²) < 4.78 is 5.08. The predicted molar refractivity (Wildman–Crippen MR) is 83.3 cm³/mol. The van der Waals surface area contributed by atoms with Gasteiger partial charge in [0.15, 0.2) is 11.5 Å². The summed E-state index contributed by atoms with van der Waals surface area (Å²) in [6, 6.07) is 2.50. The first-order valence-electron chi connectivity index (χ1n) is 7.19. The van der Waals surface area contributed by atoms with E-state index < -0.39 is 4.92 Å². The van der Waals surface area contributed by atoms with Gasteiger partial charge in [0.1, 0.15) is 0 Å². The van der Waals surface area contributed by atoms with Crippen LogP contribution in [0.15, 0.2) is 24.8 Å². The maximum absolute atomic E-state index is 11.1. The first-order chi connectivity index (χ1) is 10.6. The molecule has 0 spiro atoms. The molecule has 1 aromatic carbocycles. The molecule has 1 aliphatic heterocycles. The van der Waals surface area contributed by atoms with Crippen molar-refractivity contribution in [3.8, 4) is 11.5 Å². The van der Waals surface area contributed by atoms with Crippen LogP contribution >= 0.6 is 0 Å². The zero-order valence-corrected chi connectivity index (χ0v) is 12.6. The van der Waals surface area contributed by atoms with Gasteiger partial charge in [0.05, 0.1) is 18.1 Å². The van der Waals surface area contributed by atoms with Crippen molar-refractivity contribution in [3.05, 3.63) is 40.5 Å². The standard InChI is InChI=1S/C15H21N3O4/c1-3-4-13(17-7-5-16-6-8-17)12-9-11(18(20)21)10-14(22-2)15(12)19/h3,9-10,13,16,19H,1,4-8H2,2H3/t13-/m0/s1. The van der Waals surface area contributed by atoms with E-state index in [4.69, 9.17) is 4.74 Å². The molecule has 1 aliphatic rings. The van der Waals surface area contributed by atoms with Gasteiger partial charge in [0.25, 0.3) is 5.69 Å². The van der Waals surface area contributed by atoms with Crippen LogP contribution in [0.2, 0.25) is 0 Å². The van der Waals surface area contributed by atoms with Crippen molar-refractivity contribution < 1.29 is 14.8 Å². The molecule has 0 unspecified atom stereocenters. The van der Waals surface area contributed by atoms with E-state index in [9.17, 15) is 15.2 Å². The van der Waals surface area contributed by atoms with Crippen molar-refractivity contribution in [2.75, 3.05) is 33.3 Å². The lowest BCUT2D eigenvalue weighted by molar-refractivity contribution is -0.385. The fraction of sp³-hybridized carbons (Fsp3) is 0.467. The van der Waals surface area contributed by atoms with Crippen molar-refractivity contribution >= 4 is 5.69 Å². The second-order valence-corrected chi connectivity index (χ2v) is 5.17.